The molecule has 2 heterocycles. The minimum absolute atomic E-state index is 0.0487. The van der Waals surface area contributed by atoms with Crippen molar-refractivity contribution in [2.75, 3.05) is 19.7 Å². The van der Waals surface area contributed by atoms with Gasteiger partial charge in [0.1, 0.15) is 0 Å². The average molecular weight is 350 g/mol. The average Bonchev–Trinajstić information content (AvgIpc) is 2.91. The fraction of sp³-hybridized carbons (Fsp3) is 0.500. The van der Waals surface area contributed by atoms with Gasteiger partial charge in [0.05, 0.1) is 29.1 Å². The van der Waals surface area contributed by atoms with Crippen LogP contribution in [0.25, 0.3) is 0 Å². The Labute approximate surface area is 147 Å². The number of aromatic nitrogens is 2. The topological polar surface area (TPSA) is 72.4 Å². The number of piperidine rings is 1. The first kappa shape index (κ1) is 17.4. The lowest BCUT2D eigenvalue weighted by atomic mass is 9.73. The zero-order valence-corrected chi connectivity index (χ0v) is 14.6. The molecule has 24 heavy (non-hydrogen) atoms. The van der Waals surface area contributed by atoms with Gasteiger partial charge in [-0.1, -0.05) is 41.9 Å². The molecule has 1 aromatic heterocycles. The maximum atomic E-state index is 10.6. The molecule has 1 aliphatic heterocycles. The zero-order chi connectivity index (χ0) is 17.2. The smallest absolute Gasteiger partial charge is 0.0951 e. The van der Waals surface area contributed by atoms with Crippen LogP contribution in [0.2, 0.25) is 5.02 Å². The van der Waals surface area contributed by atoms with Gasteiger partial charge in [-0.05, 0) is 25.3 Å². The summed E-state index contributed by atoms with van der Waals surface area (Å²) in [5, 5.41) is 28.5. The predicted molar refractivity (Wildman–Crippen MR) is 93.9 cm³/mol. The molecule has 1 saturated heterocycles. The summed E-state index contributed by atoms with van der Waals surface area (Å²) in [6, 6.07) is 10.0. The predicted octanol–water partition coefficient (Wildman–Crippen LogP) is 2.16. The van der Waals surface area contributed by atoms with Crippen LogP contribution in [0, 0.1) is 12.3 Å². The van der Waals surface area contributed by atoms with E-state index < -0.39 is 11.5 Å². The largest absolute Gasteiger partial charge is 0.396 e. The van der Waals surface area contributed by atoms with E-state index in [2.05, 4.69) is 15.1 Å². The Kier molecular flexibility index (Phi) is 5.25. The fourth-order valence-electron chi connectivity index (χ4n) is 3.55. The highest BCUT2D eigenvalue weighted by Gasteiger charge is 2.42. The van der Waals surface area contributed by atoms with Crippen LogP contribution >= 0.6 is 11.6 Å². The SMILES string of the molecule is Cc1[nH]nc(CN2CC[C@@H](O)[C@@](CO)(Cc3ccccc3)C2)c1Cl. The van der Waals surface area contributed by atoms with Crippen LogP contribution in [-0.4, -0.2) is 51.1 Å². The van der Waals surface area contributed by atoms with Gasteiger partial charge in [-0.25, -0.2) is 0 Å². The number of aromatic amines is 1. The molecule has 5 nitrogen and oxygen atoms in total. The van der Waals surface area contributed by atoms with Crippen LogP contribution in [0.4, 0.5) is 0 Å². The molecule has 0 spiro atoms. The highest BCUT2D eigenvalue weighted by molar-refractivity contribution is 6.31. The summed E-state index contributed by atoms with van der Waals surface area (Å²) in [6.45, 7) is 3.84. The number of likely N-dealkylation sites (tertiary alicyclic amines) is 1. The Morgan fingerprint density at radius 1 is 1.38 bits per heavy atom. The summed E-state index contributed by atoms with van der Waals surface area (Å²) >= 11 is 6.27. The van der Waals surface area contributed by atoms with Crippen molar-refractivity contribution in [1.82, 2.24) is 15.1 Å². The van der Waals surface area contributed by atoms with E-state index in [0.29, 0.717) is 31.0 Å². The van der Waals surface area contributed by atoms with E-state index in [9.17, 15) is 10.2 Å². The van der Waals surface area contributed by atoms with Crippen LogP contribution in [-0.2, 0) is 13.0 Å². The second-order valence-electron chi connectivity index (χ2n) is 6.81. The van der Waals surface area contributed by atoms with Crippen molar-refractivity contribution in [3.8, 4) is 0 Å². The van der Waals surface area contributed by atoms with Crippen molar-refractivity contribution in [3.05, 3.63) is 52.3 Å². The van der Waals surface area contributed by atoms with Crippen molar-refractivity contribution < 1.29 is 10.2 Å². The molecule has 3 N–H and O–H groups in total. The number of aliphatic hydroxyl groups excluding tert-OH is 2. The Balaban J connectivity index is 1.77. The molecule has 3 rings (SSSR count). The molecule has 1 fully saturated rings. The lowest BCUT2D eigenvalue weighted by molar-refractivity contribution is -0.0770. The Morgan fingerprint density at radius 2 is 2.12 bits per heavy atom. The van der Waals surface area contributed by atoms with Crippen LogP contribution in [0.1, 0.15) is 23.4 Å². The van der Waals surface area contributed by atoms with Crippen LogP contribution in [0.15, 0.2) is 30.3 Å². The first-order valence-electron chi connectivity index (χ1n) is 8.28. The van der Waals surface area contributed by atoms with Gasteiger partial charge < -0.3 is 10.2 Å². The minimum Gasteiger partial charge on any atom is -0.396 e. The lowest BCUT2D eigenvalue weighted by Gasteiger charge is -2.45. The number of rotatable bonds is 5. The minimum atomic E-state index is -0.558. The molecule has 0 bridgehead atoms. The molecular formula is C18H24ClN3O2. The Bertz CT molecular complexity index is 676. The number of aryl methyl sites for hydroxylation is 1. The van der Waals surface area contributed by atoms with E-state index in [-0.39, 0.29) is 6.61 Å². The molecule has 0 amide bonds. The molecule has 0 aliphatic carbocycles. The number of benzene rings is 1. The van der Waals surface area contributed by atoms with Crippen LogP contribution in [0.3, 0.4) is 0 Å². The van der Waals surface area contributed by atoms with Crippen molar-refractivity contribution in [1.29, 1.82) is 0 Å². The van der Waals surface area contributed by atoms with Gasteiger partial charge >= 0.3 is 0 Å². The second-order valence-corrected chi connectivity index (χ2v) is 7.19. The van der Waals surface area contributed by atoms with Crippen molar-refractivity contribution >= 4 is 11.6 Å². The molecule has 1 aromatic carbocycles. The normalized spacial score (nSPS) is 25.1. The lowest BCUT2D eigenvalue weighted by Crippen LogP contribution is -2.54. The van der Waals surface area contributed by atoms with E-state index in [4.69, 9.17) is 11.6 Å². The molecule has 0 unspecified atom stereocenters. The Morgan fingerprint density at radius 3 is 2.75 bits per heavy atom. The highest BCUT2D eigenvalue weighted by Crippen LogP contribution is 2.35. The third-order valence-electron chi connectivity index (χ3n) is 4.99. The van der Waals surface area contributed by atoms with E-state index in [0.717, 1.165) is 23.5 Å². The standard InChI is InChI=1S/C18H24ClN3O2/c1-13-17(19)15(21-20-13)10-22-8-7-16(24)18(11-22,12-23)9-14-5-3-2-4-6-14/h2-6,16,23-24H,7-12H2,1H3,(H,20,21)/t16-,18+/m1/s1. The Hall–Kier alpha value is -1.40. The van der Waals surface area contributed by atoms with Gasteiger partial charge in [0.25, 0.3) is 0 Å². The van der Waals surface area contributed by atoms with Crippen LogP contribution in [0.5, 0.6) is 0 Å². The molecule has 130 valence electrons. The molecule has 2 aromatic rings. The summed E-state index contributed by atoms with van der Waals surface area (Å²) in [4.78, 5) is 2.22. The summed E-state index contributed by atoms with van der Waals surface area (Å²) < 4.78 is 0. The number of nitrogens with zero attached hydrogens (tertiary/aromatic N) is 2. The van der Waals surface area contributed by atoms with E-state index in [1.165, 1.54) is 0 Å². The third kappa shape index (κ3) is 3.49. The molecule has 1 aliphatic rings. The molecule has 0 radical (unpaired) electrons. The maximum Gasteiger partial charge on any atom is 0.0951 e. The first-order chi connectivity index (χ1) is 11.5. The summed E-state index contributed by atoms with van der Waals surface area (Å²) in [5.41, 5.74) is 2.25. The number of nitrogens with one attached hydrogen (secondary N) is 1. The number of H-pyrrole nitrogens is 1. The van der Waals surface area contributed by atoms with Gasteiger partial charge in [-0.2, -0.15) is 5.10 Å². The summed E-state index contributed by atoms with van der Waals surface area (Å²) in [7, 11) is 0. The third-order valence-corrected chi connectivity index (χ3v) is 5.49. The maximum absolute atomic E-state index is 10.6. The monoisotopic (exact) mass is 349 g/mol. The fourth-order valence-corrected chi connectivity index (χ4v) is 3.69. The number of hydrogen-bond acceptors (Lipinski definition) is 4. The van der Waals surface area contributed by atoms with Crippen molar-refractivity contribution in [2.45, 2.75) is 32.4 Å². The second kappa shape index (κ2) is 7.23. The number of aliphatic hydroxyl groups is 2. The van der Waals surface area contributed by atoms with E-state index in [1.54, 1.807) is 0 Å². The van der Waals surface area contributed by atoms with E-state index >= 15 is 0 Å². The molecular weight excluding hydrogens is 326 g/mol. The molecule has 6 heteroatoms. The summed E-state index contributed by atoms with van der Waals surface area (Å²) in [5.74, 6) is 0. The number of halogens is 1. The van der Waals surface area contributed by atoms with Crippen molar-refractivity contribution in [2.24, 2.45) is 5.41 Å². The zero-order valence-electron chi connectivity index (χ0n) is 13.9. The van der Waals surface area contributed by atoms with Gasteiger partial charge in [0.2, 0.25) is 0 Å². The molecule has 0 saturated carbocycles. The van der Waals surface area contributed by atoms with Gasteiger partial charge in [0, 0.05) is 25.0 Å². The van der Waals surface area contributed by atoms with Gasteiger partial charge in [0.15, 0.2) is 0 Å². The van der Waals surface area contributed by atoms with Gasteiger partial charge in [-0.3, -0.25) is 10.00 Å². The van der Waals surface area contributed by atoms with Crippen molar-refractivity contribution in [3.63, 3.8) is 0 Å². The highest BCUT2D eigenvalue weighted by atomic mass is 35.5. The first-order valence-corrected chi connectivity index (χ1v) is 8.66. The summed E-state index contributed by atoms with van der Waals surface area (Å²) in [6.07, 6.45) is 0.763. The van der Waals surface area contributed by atoms with Gasteiger partial charge in [-0.15, -0.1) is 0 Å². The quantitative estimate of drug-likeness (QED) is 0.773. The molecule has 2 atom stereocenters. The number of hydrogen-bond donors (Lipinski definition) is 3. The van der Waals surface area contributed by atoms with E-state index in [1.807, 2.05) is 37.3 Å². The van der Waals surface area contributed by atoms with Crippen LogP contribution < -0.4 is 0 Å².